The maximum Gasteiger partial charge on any atom is 0.257 e. The number of pyridine rings is 1. The number of halogens is 2. The van der Waals surface area contributed by atoms with Crippen molar-refractivity contribution in [3.63, 3.8) is 0 Å². The van der Waals surface area contributed by atoms with E-state index in [1.807, 2.05) is 24.3 Å². The molecule has 0 aliphatic heterocycles. The molecule has 5 heteroatoms. The van der Waals surface area contributed by atoms with Crippen molar-refractivity contribution < 1.29 is 4.79 Å². The summed E-state index contributed by atoms with van der Waals surface area (Å²) in [6, 6.07) is 9.22. The molecule has 21 heavy (non-hydrogen) atoms. The molecule has 1 amide bonds. The van der Waals surface area contributed by atoms with Crippen molar-refractivity contribution in [2.45, 2.75) is 26.2 Å². The van der Waals surface area contributed by atoms with Gasteiger partial charge in [0.15, 0.2) is 0 Å². The number of amides is 1. The van der Waals surface area contributed by atoms with Gasteiger partial charge in [-0.3, -0.25) is 4.79 Å². The molecule has 3 nitrogen and oxygen atoms in total. The lowest BCUT2D eigenvalue weighted by atomic mass is 9.97. The number of hydrogen-bond donors (Lipinski definition) is 1. The molecule has 0 fully saturated rings. The highest BCUT2D eigenvalue weighted by atomic mass is 35.5. The van der Waals surface area contributed by atoms with Crippen LogP contribution in [0.15, 0.2) is 36.5 Å². The Hall–Kier alpha value is -1.58. The van der Waals surface area contributed by atoms with Crippen molar-refractivity contribution in [3.8, 4) is 0 Å². The minimum atomic E-state index is -0.292. The van der Waals surface area contributed by atoms with Crippen molar-refractivity contribution in [2.75, 3.05) is 5.32 Å². The summed E-state index contributed by atoms with van der Waals surface area (Å²) < 4.78 is 0. The van der Waals surface area contributed by atoms with E-state index in [9.17, 15) is 4.79 Å². The Morgan fingerprint density at radius 1 is 1.33 bits per heavy atom. The van der Waals surface area contributed by atoms with Crippen LogP contribution in [-0.4, -0.2) is 10.9 Å². The van der Waals surface area contributed by atoms with E-state index in [1.165, 1.54) is 12.3 Å². The number of hydrogen-bond acceptors (Lipinski definition) is 2. The van der Waals surface area contributed by atoms with Gasteiger partial charge in [-0.05, 0) is 30.0 Å². The predicted octanol–water partition coefficient (Wildman–Crippen LogP) is 5.15. The first-order valence-corrected chi connectivity index (χ1v) is 7.49. The van der Waals surface area contributed by atoms with E-state index >= 15 is 0 Å². The van der Waals surface area contributed by atoms with Gasteiger partial charge in [-0.1, -0.05) is 55.2 Å². The summed E-state index contributed by atoms with van der Waals surface area (Å²) in [5.41, 5.74) is 2.21. The molecule has 0 aliphatic rings. The summed E-state index contributed by atoms with van der Waals surface area (Å²) in [5, 5.41) is 3.41. The van der Waals surface area contributed by atoms with Crippen LogP contribution in [0.1, 0.15) is 42.1 Å². The minimum Gasteiger partial charge on any atom is -0.322 e. The zero-order valence-corrected chi connectivity index (χ0v) is 13.4. The van der Waals surface area contributed by atoms with Crippen LogP contribution >= 0.6 is 23.2 Å². The van der Waals surface area contributed by atoms with Crippen molar-refractivity contribution in [3.05, 3.63) is 57.8 Å². The molecule has 0 aliphatic carbocycles. The SMILES string of the molecule is CCC(C)c1ccccc1NC(=O)c1cc(Cl)ncc1Cl. The summed E-state index contributed by atoms with van der Waals surface area (Å²) in [6.07, 6.45) is 2.37. The molecular weight excluding hydrogens is 307 g/mol. The van der Waals surface area contributed by atoms with Gasteiger partial charge < -0.3 is 5.32 Å². The molecule has 0 saturated heterocycles. The maximum absolute atomic E-state index is 12.4. The number of anilines is 1. The van der Waals surface area contributed by atoms with E-state index in [-0.39, 0.29) is 16.1 Å². The van der Waals surface area contributed by atoms with Gasteiger partial charge >= 0.3 is 0 Å². The monoisotopic (exact) mass is 322 g/mol. The largest absolute Gasteiger partial charge is 0.322 e. The van der Waals surface area contributed by atoms with Crippen LogP contribution < -0.4 is 5.32 Å². The Balaban J connectivity index is 2.30. The van der Waals surface area contributed by atoms with Gasteiger partial charge in [-0.2, -0.15) is 0 Å². The van der Waals surface area contributed by atoms with E-state index in [4.69, 9.17) is 23.2 Å². The summed E-state index contributed by atoms with van der Waals surface area (Å²) in [5.74, 6) is 0.0676. The molecule has 0 saturated carbocycles. The molecule has 1 aromatic heterocycles. The normalized spacial score (nSPS) is 12.0. The number of carbonyl (C=O) groups excluding carboxylic acids is 1. The van der Waals surface area contributed by atoms with E-state index < -0.39 is 0 Å². The number of nitrogens with one attached hydrogen (secondary N) is 1. The van der Waals surface area contributed by atoms with Crippen LogP contribution in [-0.2, 0) is 0 Å². The number of para-hydroxylation sites is 1. The Morgan fingerprint density at radius 3 is 2.76 bits per heavy atom. The topological polar surface area (TPSA) is 42.0 Å². The second kappa shape index (κ2) is 6.92. The molecule has 1 N–H and O–H groups in total. The number of benzene rings is 1. The molecule has 1 aromatic carbocycles. The lowest BCUT2D eigenvalue weighted by molar-refractivity contribution is 0.102. The first-order valence-electron chi connectivity index (χ1n) is 6.74. The molecule has 1 heterocycles. The molecule has 0 bridgehead atoms. The van der Waals surface area contributed by atoms with Crippen LogP contribution in [0.4, 0.5) is 5.69 Å². The summed E-state index contributed by atoms with van der Waals surface area (Å²) in [7, 11) is 0. The highest BCUT2D eigenvalue weighted by molar-refractivity contribution is 6.35. The van der Waals surface area contributed by atoms with E-state index in [0.717, 1.165) is 17.7 Å². The molecule has 2 aromatic rings. The van der Waals surface area contributed by atoms with Crippen LogP contribution in [0.2, 0.25) is 10.2 Å². The van der Waals surface area contributed by atoms with Gasteiger partial charge in [0.2, 0.25) is 0 Å². The van der Waals surface area contributed by atoms with Crippen molar-refractivity contribution in [2.24, 2.45) is 0 Å². The fraction of sp³-hybridized carbons (Fsp3) is 0.250. The maximum atomic E-state index is 12.4. The summed E-state index contributed by atoms with van der Waals surface area (Å²) in [4.78, 5) is 16.2. The Bertz CT molecular complexity index is 658. The molecular formula is C16H16Cl2N2O. The van der Waals surface area contributed by atoms with Gasteiger partial charge in [0.1, 0.15) is 5.15 Å². The van der Waals surface area contributed by atoms with Crippen LogP contribution in [0.3, 0.4) is 0 Å². The number of rotatable bonds is 4. The smallest absolute Gasteiger partial charge is 0.257 e. The highest BCUT2D eigenvalue weighted by Gasteiger charge is 2.15. The average Bonchev–Trinajstić information content (AvgIpc) is 2.49. The average molecular weight is 323 g/mol. The standard InChI is InChI=1S/C16H16Cl2N2O/c1-3-10(2)11-6-4-5-7-14(11)20-16(21)12-8-15(18)19-9-13(12)17/h4-10H,3H2,1-2H3,(H,20,21). The zero-order chi connectivity index (χ0) is 15.4. The van der Waals surface area contributed by atoms with Crippen LogP contribution in [0.5, 0.6) is 0 Å². The molecule has 1 atom stereocenters. The molecule has 2 rings (SSSR count). The second-order valence-corrected chi connectivity index (χ2v) is 5.63. The second-order valence-electron chi connectivity index (χ2n) is 4.84. The van der Waals surface area contributed by atoms with Crippen LogP contribution in [0.25, 0.3) is 0 Å². The highest BCUT2D eigenvalue weighted by Crippen LogP contribution is 2.27. The Labute approximate surface area is 134 Å². The van der Waals surface area contributed by atoms with Gasteiger partial charge in [0.05, 0.1) is 10.6 Å². The zero-order valence-electron chi connectivity index (χ0n) is 11.9. The third kappa shape index (κ3) is 3.74. The number of aromatic nitrogens is 1. The lowest BCUT2D eigenvalue weighted by Gasteiger charge is -2.16. The lowest BCUT2D eigenvalue weighted by Crippen LogP contribution is -2.14. The first-order chi connectivity index (χ1) is 10.0. The van der Waals surface area contributed by atoms with Crippen molar-refractivity contribution >= 4 is 34.8 Å². The minimum absolute atomic E-state index is 0.236. The summed E-state index contributed by atoms with van der Waals surface area (Å²) >= 11 is 11.8. The van der Waals surface area contributed by atoms with Crippen molar-refractivity contribution in [1.29, 1.82) is 0 Å². The Morgan fingerprint density at radius 2 is 2.05 bits per heavy atom. The quantitative estimate of drug-likeness (QED) is 0.790. The summed E-state index contributed by atoms with van der Waals surface area (Å²) in [6.45, 7) is 4.24. The third-order valence-electron chi connectivity index (χ3n) is 3.42. The van der Waals surface area contributed by atoms with Gasteiger partial charge in [-0.25, -0.2) is 4.98 Å². The fourth-order valence-corrected chi connectivity index (χ4v) is 2.38. The fourth-order valence-electron chi connectivity index (χ4n) is 2.04. The predicted molar refractivity (Wildman–Crippen MR) is 87.4 cm³/mol. The van der Waals surface area contributed by atoms with E-state index in [1.54, 1.807) is 0 Å². The molecule has 110 valence electrons. The van der Waals surface area contributed by atoms with Gasteiger partial charge in [0, 0.05) is 11.9 Å². The van der Waals surface area contributed by atoms with Crippen molar-refractivity contribution in [1.82, 2.24) is 4.98 Å². The third-order valence-corrected chi connectivity index (χ3v) is 3.93. The van der Waals surface area contributed by atoms with Gasteiger partial charge in [0.25, 0.3) is 5.91 Å². The molecule has 0 radical (unpaired) electrons. The molecule has 1 unspecified atom stereocenters. The van der Waals surface area contributed by atoms with E-state index in [0.29, 0.717) is 11.5 Å². The van der Waals surface area contributed by atoms with E-state index in [2.05, 4.69) is 24.1 Å². The number of carbonyl (C=O) groups is 1. The first kappa shape index (κ1) is 15.8. The van der Waals surface area contributed by atoms with Gasteiger partial charge in [-0.15, -0.1) is 0 Å². The Kier molecular flexibility index (Phi) is 5.21. The number of nitrogens with zero attached hydrogens (tertiary/aromatic N) is 1. The molecule has 0 spiro atoms. The van der Waals surface area contributed by atoms with Crippen LogP contribution in [0, 0.1) is 0 Å².